The molecule has 0 radical (unpaired) electrons. The fraction of sp³-hybridized carbons (Fsp3) is 0.647. The number of halogens is 1. The van der Waals surface area contributed by atoms with E-state index in [1.807, 2.05) is 12.1 Å². The summed E-state index contributed by atoms with van der Waals surface area (Å²) in [6, 6.07) is 5.10. The standard InChI is InChI=1S/C17H26FNO/c1-12(2)14-5-4-9-19(10-8-14)17-7-6-15(13(3)20)11-16(17)18/h6-7,11-14,20H,4-5,8-10H2,1-3H3/t13-,14?/m1/s1. The van der Waals surface area contributed by atoms with Gasteiger partial charge < -0.3 is 10.0 Å². The topological polar surface area (TPSA) is 23.5 Å². The highest BCUT2D eigenvalue weighted by Gasteiger charge is 2.21. The van der Waals surface area contributed by atoms with Crippen LogP contribution in [-0.2, 0) is 0 Å². The molecule has 0 amide bonds. The van der Waals surface area contributed by atoms with Crippen molar-refractivity contribution in [2.45, 2.75) is 46.1 Å². The average Bonchev–Trinajstić information content (AvgIpc) is 2.64. The summed E-state index contributed by atoms with van der Waals surface area (Å²) < 4.78 is 14.2. The van der Waals surface area contributed by atoms with Crippen molar-refractivity contribution >= 4 is 5.69 Å². The lowest BCUT2D eigenvalue weighted by molar-refractivity contribution is 0.199. The number of aliphatic hydroxyl groups excluding tert-OH is 1. The zero-order valence-corrected chi connectivity index (χ0v) is 12.8. The monoisotopic (exact) mass is 279 g/mol. The minimum absolute atomic E-state index is 0.216. The first-order chi connectivity index (χ1) is 9.49. The number of aliphatic hydroxyl groups is 1. The number of hydrogen-bond acceptors (Lipinski definition) is 2. The average molecular weight is 279 g/mol. The Kier molecular flexibility index (Phi) is 5.03. The first-order valence-corrected chi connectivity index (χ1v) is 7.71. The molecule has 0 spiro atoms. The van der Waals surface area contributed by atoms with Crippen molar-refractivity contribution in [2.24, 2.45) is 11.8 Å². The Hall–Kier alpha value is -1.09. The second-order valence-corrected chi connectivity index (χ2v) is 6.31. The second kappa shape index (κ2) is 6.57. The molecular weight excluding hydrogens is 253 g/mol. The van der Waals surface area contributed by atoms with Crippen molar-refractivity contribution in [1.29, 1.82) is 0 Å². The van der Waals surface area contributed by atoms with Crippen LogP contribution in [-0.4, -0.2) is 18.2 Å². The van der Waals surface area contributed by atoms with Gasteiger partial charge in [-0.2, -0.15) is 0 Å². The van der Waals surface area contributed by atoms with E-state index in [1.54, 1.807) is 6.92 Å². The van der Waals surface area contributed by atoms with Crippen LogP contribution in [0.1, 0.15) is 51.7 Å². The van der Waals surface area contributed by atoms with Crippen LogP contribution in [0.2, 0.25) is 0 Å². The summed E-state index contributed by atoms with van der Waals surface area (Å²) >= 11 is 0. The van der Waals surface area contributed by atoms with Crippen molar-refractivity contribution in [2.75, 3.05) is 18.0 Å². The Balaban J connectivity index is 2.12. The van der Waals surface area contributed by atoms with E-state index in [2.05, 4.69) is 18.7 Å². The molecule has 112 valence electrons. The highest BCUT2D eigenvalue weighted by molar-refractivity contribution is 5.49. The summed E-state index contributed by atoms with van der Waals surface area (Å²) in [4.78, 5) is 2.16. The van der Waals surface area contributed by atoms with Gasteiger partial charge in [-0.25, -0.2) is 4.39 Å². The Morgan fingerprint density at radius 1 is 1.20 bits per heavy atom. The quantitative estimate of drug-likeness (QED) is 0.898. The molecule has 1 aromatic carbocycles. The molecule has 0 aliphatic carbocycles. The third-order valence-corrected chi connectivity index (χ3v) is 4.51. The van der Waals surface area contributed by atoms with Crippen LogP contribution in [0.15, 0.2) is 18.2 Å². The van der Waals surface area contributed by atoms with Gasteiger partial charge in [0.2, 0.25) is 0 Å². The number of rotatable bonds is 3. The van der Waals surface area contributed by atoms with E-state index in [-0.39, 0.29) is 5.82 Å². The van der Waals surface area contributed by atoms with Gasteiger partial charge in [0.05, 0.1) is 11.8 Å². The Morgan fingerprint density at radius 2 is 1.95 bits per heavy atom. The van der Waals surface area contributed by atoms with Gasteiger partial charge in [0.25, 0.3) is 0 Å². The predicted molar refractivity (Wildman–Crippen MR) is 81.4 cm³/mol. The molecule has 0 saturated carbocycles. The van der Waals surface area contributed by atoms with Crippen molar-refractivity contribution in [3.63, 3.8) is 0 Å². The Morgan fingerprint density at radius 3 is 2.55 bits per heavy atom. The third-order valence-electron chi connectivity index (χ3n) is 4.51. The van der Waals surface area contributed by atoms with Gasteiger partial charge in [-0.3, -0.25) is 0 Å². The first kappa shape index (κ1) is 15.3. The highest BCUT2D eigenvalue weighted by atomic mass is 19.1. The maximum absolute atomic E-state index is 14.2. The molecule has 2 nitrogen and oxygen atoms in total. The van der Waals surface area contributed by atoms with E-state index in [9.17, 15) is 9.50 Å². The number of anilines is 1. The molecule has 1 aliphatic rings. The molecule has 3 heteroatoms. The summed E-state index contributed by atoms with van der Waals surface area (Å²) in [5.74, 6) is 1.24. The Labute approximate surface area is 121 Å². The summed E-state index contributed by atoms with van der Waals surface area (Å²) in [7, 11) is 0. The van der Waals surface area contributed by atoms with E-state index in [0.717, 1.165) is 31.8 Å². The lowest BCUT2D eigenvalue weighted by Crippen LogP contribution is -2.25. The van der Waals surface area contributed by atoms with Crippen molar-refractivity contribution in [1.82, 2.24) is 0 Å². The molecule has 2 atom stereocenters. The van der Waals surface area contributed by atoms with Crippen LogP contribution < -0.4 is 4.90 Å². The van der Waals surface area contributed by atoms with Crippen LogP contribution in [0.3, 0.4) is 0 Å². The lowest BCUT2D eigenvalue weighted by atomic mass is 9.89. The van der Waals surface area contributed by atoms with E-state index in [1.165, 1.54) is 12.5 Å². The molecule has 1 heterocycles. The van der Waals surface area contributed by atoms with E-state index >= 15 is 0 Å². The van der Waals surface area contributed by atoms with Gasteiger partial charge in [-0.1, -0.05) is 19.9 Å². The van der Waals surface area contributed by atoms with Crippen LogP contribution in [0.25, 0.3) is 0 Å². The summed E-state index contributed by atoms with van der Waals surface area (Å²) in [5.41, 5.74) is 1.32. The molecule has 1 fully saturated rings. The van der Waals surface area contributed by atoms with E-state index < -0.39 is 6.10 Å². The van der Waals surface area contributed by atoms with Crippen molar-refractivity contribution in [3.05, 3.63) is 29.6 Å². The third kappa shape index (κ3) is 3.51. The van der Waals surface area contributed by atoms with Gasteiger partial charge in [-0.05, 0) is 55.7 Å². The maximum atomic E-state index is 14.2. The molecule has 2 rings (SSSR count). The van der Waals surface area contributed by atoms with Gasteiger partial charge in [0.15, 0.2) is 0 Å². The molecular formula is C17H26FNO. The molecule has 1 aliphatic heterocycles. The normalized spacial score (nSPS) is 21.9. The molecule has 1 saturated heterocycles. The van der Waals surface area contributed by atoms with Crippen LogP contribution >= 0.6 is 0 Å². The van der Waals surface area contributed by atoms with Crippen LogP contribution in [0.4, 0.5) is 10.1 Å². The molecule has 0 bridgehead atoms. The number of nitrogens with zero attached hydrogens (tertiary/aromatic N) is 1. The van der Waals surface area contributed by atoms with Crippen LogP contribution in [0.5, 0.6) is 0 Å². The molecule has 1 unspecified atom stereocenters. The maximum Gasteiger partial charge on any atom is 0.146 e. The second-order valence-electron chi connectivity index (χ2n) is 6.31. The van der Waals surface area contributed by atoms with Crippen molar-refractivity contribution in [3.8, 4) is 0 Å². The number of benzene rings is 1. The molecule has 1 aromatic rings. The van der Waals surface area contributed by atoms with E-state index in [0.29, 0.717) is 17.2 Å². The van der Waals surface area contributed by atoms with E-state index in [4.69, 9.17) is 0 Å². The number of hydrogen-bond donors (Lipinski definition) is 1. The summed E-state index contributed by atoms with van der Waals surface area (Å²) in [6.45, 7) is 8.06. The molecule has 0 aromatic heterocycles. The minimum atomic E-state index is -0.618. The summed E-state index contributed by atoms with van der Waals surface area (Å²) in [5, 5.41) is 9.51. The predicted octanol–water partition coefficient (Wildman–Crippen LogP) is 4.14. The highest BCUT2D eigenvalue weighted by Crippen LogP contribution is 2.29. The van der Waals surface area contributed by atoms with Gasteiger partial charge in [-0.15, -0.1) is 0 Å². The summed E-state index contributed by atoms with van der Waals surface area (Å²) in [6.07, 6.45) is 2.88. The zero-order valence-electron chi connectivity index (χ0n) is 12.8. The molecule has 20 heavy (non-hydrogen) atoms. The fourth-order valence-electron chi connectivity index (χ4n) is 3.07. The first-order valence-electron chi connectivity index (χ1n) is 7.71. The largest absolute Gasteiger partial charge is 0.389 e. The smallest absolute Gasteiger partial charge is 0.146 e. The van der Waals surface area contributed by atoms with Crippen LogP contribution in [0, 0.1) is 17.7 Å². The zero-order chi connectivity index (χ0) is 14.7. The SMILES string of the molecule is CC(C)C1CCCN(c2ccc([C@@H](C)O)cc2F)CC1. The minimum Gasteiger partial charge on any atom is -0.389 e. The van der Waals surface area contributed by atoms with Gasteiger partial charge >= 0.3 is 0 Å². The Bertz CT molecular complexity index is 445. The lowest BCUT2D eigenvalue weighted by Gasteiger charge is -2.24. The molecule has 1 N–H and O–H groups in total. The fourth-order valence-corrected chi connectivity index (χ4v) is 3.07. The van der Waals surface area contributed by atoms with Gasteiger partial charge in [0.1, 0.15) is 5.82 Å². The van der Waals surface area contributed by atoms with Crippen molar-refractivity contribution < 1.29 is 9.50 Å². The van der Waals surface area contributed by atoms with Gasteiger partial charge in [0, 0.05) is 13.1 Å².